The standard InChI is InChI=1S/C21H22N2O7S/c1-13(24)29-20-19(16-9-14(10-22)5-7-17(16)30-21(20,2)3)23-11-15(6-8-18(23)25)12-28-31(4,26)27/h5-9,11,19-20H,12H2,1-4H3/t19-,20+/m0/s1. The van der Waals surface area contributed by atoms with Crippen molar-refractivity contribution in [2.45, 2.75) is 45.1 Å². The number of benzene rings is 1. The van der Waals surface area contributed by atoms with Crippen molar-refractivity contribution in [2.24, 2.45) is 0 Å². The number of esters is 1. The van der Waals surface area contributed by atoms with E-state index in [4.69, 9.17) is 13.7 Å². The van der Waals surface area contributed by atoms with Crippen LogP contribution in [0.5, 0.6) is 5.75 Å². The van der Waals surface area contributed by atoms with Crippen molar-refractivity contribution in [1.29, 1.82) is 5.26 Å². The number of ether oxygens (including phenoxy) is 2. The van der Waals surface area contributed by atoms with E-state index in [9.17, 15) is 23.3 Å². The molecular formula is C21H22N2O7S. The second-order valence-corrected chi connectivity index (χ2v) is 9.44. The molecule has 0 saturated carbocycles. The maximum atomic E-state index is 12.8. The molecule has 0 fully saturated rings. The van der Waals surface area contributed by atoms with Crippen LogP contribution in [-0.4, -0.2) is 36.9 Å². The van der Waals surface area contributed by atoms with Crippen LogP contribution in [0.4, 0.5) is 0 Å². The van der Waals surface area contributed by atoms with Crippen molar-refractivity contribution in [3.05, 3.63) is 63.6 Å². The molecule has 3 rings (SSSR count). The molecule has 1 aromatic heterocycles. The maximum absolute atomic E-state index is 12.8. The van der Waals surface area contributed by atoms with Gasteiger partial charge in [-0.3, -0.25) is 13.8 Å². The minimum atomic E-state index is -3.69. The van der Waals surface area contributed by atoms with Crippen LogP contribution in [-0.2, 0) is 30.4 Å². The van der Waals surface area contributed by atoms with Crippen LogP contribution in [0.3, 0.4) is 0 Å². The van der Waals surface area contributed by atoms with Gasteiger partial charge in [0.25, 0.3) is 15.7 Å². The van der Waals surface area contributed by atoms with Crippen LogP contribution in [0.25, 0.3) is 0 Å². The molecule has 0 radical (unpaired) electrons. The number of hydrogen-bond donors (Lipinski definition) is 0. The molecule has 1 aromatic carbocycles. The highest BCUT2D eigenvalue weighted by molar-refractivity contribution is 7.85. The minimum Gasteiger partial charge on any atom is -0.484 e. The molecule has 31 heavy (non-hydrogen) atoms. The molecule has 10 heteroatoms. The number of rotatable bonds is 5. The average molecular weight is 446 g/mol. The largest absolute Gasteiger partial charge is 0.484 e. The highest BCUT2D eigenvalue weighted by Crippen LogP contribution is 2.43. The van der Waals surface area contributed by atoms with Crippen LogP contribution in [0.15, 0.2) is 41.3 Å². The van der Waals surface area contributed by atoms with E-state index in [1.165, 1.54) is 29.8 Å². The van der Waals surface area contributed by atoms with E-state index in [1.54, 1.807) is 32.0 Å². The SMILES string of the molecule is CC(=O)O[C@@H]1[C@@H](n2cc(COS(C)(=O)=O)ccc2=O)c2cc(C#N)ccc2OC1(C)C. The molecule has 1 aliphatic heterocycles. The fourth-order valence-corrected chi connectivity index (χ4v) is 3.89. The number of nitriles is 1. The second-order valence-electron chi connectivity index (χ2n) is 7.79. The quantitative estimate of drug-likeness (QED) is 0.504. The lowest BCUT2D eigenvalue weighted by atomic mass is 9.85. The van der Waals surface area contributed by atoms with Gasteiger partial charge in [0.2, 0.25) is 0 Å². The molecular weight excluding hydrogens is 424 g/mol. The van der Waals surface area contributed by atoms with Gasteiger partial charge < -0.3 is 14.0 Å². The Balaban J connectivity index is 2.21. The van der Waals surface area contributed by atoms with Gasteiger partial charge in [-0.25, -0.2) is 0 Å². The molecule has 0 spiro atoms. The summed E-state index contributed by atoms with van der Waals surface area (Å²) < 4.78 is 40.5. The highest BCUT2D eigenvalue weighted by atomic mass is 32.2. The van der Waals surface area contributed by atoms with E-state index < -0.39 is 39.4 Å². The van der Waals surface area contributed by atoms with Crippen molar-refractivity contribution in [1.82, 2.24) is 4.57 Å². The first-order valence-electron chi connectivity index (χ1n) is 9.37. The third-order valence-corrected chi connectivity index (χ3v) is 5.38. The van der Waals surface area contributed by atoms with Crippen molar-refractivity contribution in [3.8, 4) is 11.8 Å². The summed E-state index contributed by atoms with van der Waals surface area (Å²) in [7, 11) is -3.69. The number of nitrogens with zero attached hydrogens (tertiary/aromatic N) is 2. The van der Waals surface area contributed by atoms with Gasteiger partial charge in [-0.15, -0.1) is 0 Å². The summed E-state index contributed by atoms with van der Waals surface area (Å²) in [5, 5.41) is 9.34. The molecule has 0 amide bonds. The van der Waals surface area contributed by atoms with Gasteiger partial charge in [0, 0.05) is 24.8 Å². The predicted octanol–water partition coefficient (Wildman–Crippen LogP) is 1.89. The number of fused-ring (bicyclic) bond motifs is 1. The number of pyridine rings is 1. The molecule has 2 aromatic rings. The summed E-state index contributed by atoms with van der Waals surface area (Å²) >= 11 is 0. The zero-order valence-corrected chi connectivity index (χ0v) is 18.3. The Bertz CT molecular complexity index is 1230. The van der Waals surface area contributed by atoms with Crippen molar-refractivity contribution in [3.63, 3.8) is 0 Å². The molecule has 2 atom stereocenters. The Morgan fingerprint density at radius 2 is 2.00 bits per heavy atom. The molecule has 0 aliphatic carbocycles. The third kappa shape index (κ3) is 4.95. The first kappa shape index (κ1) is 22.5. The normalized spacial score (nSPS) is 19.6. The molecule has 0 saturated heterocycles. The lowest BCUT2D eigenvalue weighted by molar-refractivity contribution is -0.163. The molecule has 1 aliphatic rings. The summed E-state index contributed by atoms with van der Waals surface area (Å²) in [6.07, 6.45) is 1.48. The molecule has 0 unspecified atom stereocenters. The van der Waals surface area contributed by atoms with Gasteiger partial charge >= 0.3 is 5.97 Å². The maximum Gasteiger partial charge on any atom is 0.303 e. The Kier molecular flexibility index (Phi) is 5.93. The number of aromatic nitrogens is 1. The molecule has 0 bridgehead atoms. The zero-order valence-electron chi connectivity index (χ0n) is 17.5. The molecule has 2 heterocycles. The van der Waals surface area contributed by atoms with E-state index >= 15 is 0 Å². The van der Waals surface area contributed by atoms with E-state index in [0.29, 0.717) is 22.4 Å². The highest BCUT2D eigenvalue weighted by Gasteiger charge is 2.47. The Morgan fingerprint density at radius 1 is 1.29 bits per heavy atom. The first-order valence-corrected chi connectivity index (χ1v) is 11.2. The van der Waals surface area contributed by atoms with Gasteiger partial charge in [-0.05, 0) is 43.7 Å². The number of hydrogen-bond acceptors (Lipinski definition) is 8. The Labute approximate surface area is 179 Å². The van der Waals surface area contributed by atoms with Gasteiger partial charge in [0.05, 0.1) is 24.5 Å². The van der Waals surface area contributed by atoms with E-state index in [-0.39, 0.29) is 6.61 Å². The summed E-state index contributed by atoms with van der Waals surface area (Å²) in [4.78, 5) is 24.7. The molecule has 164 valence electrons. The van der Waals surface area contributed by atoms with Crippen LogP contribution in [0.1, 0.15) is 43.5 Å². The Morgan fingerprint density at radius 3 is 2.61 bits per heavy atom. The van der Waals surface area contributed by atoms with E-state index in [0.717, 1.165) is 6.26 Å². The van der Waals surface area contributed by atoms with Crippen molar-refractivity contribution < 1.29 is 26.9 Å². The number of carbonyl (C=O) groups excluding carboxylic acids is 1. The predicted molar refractivity (Wildman–Crippen MR) is 110 cm³/mol. The molecule has 0 N–H and O–H groups in total. The lowest BCUT2D eigenvalue weighted by Gasteiger charge is -2.44. The van der Waals surface area contributed by atoms with Gasteiger partial charge in [-0.1, -0.05) is 0 Å². The lowest BCUT2D eigenvalue weighted by Crippen LogP contribution is -2.54. The summed E-state index contributed by atoms with van der Waals surface area (Å²) in [6, 6.07) is 8.78. The van der Waals surface area contributed by atoms with Gasteiger partial charge in [0.15, 0.2) is 6.10 Å². The summed E-state index contributed by atoms with van der Waals surface area (Å²) in [6.45, 7) is 4.45. The topological polar surface area (TPSA) is 125 Å². The van der Waals surface area contributed by atoms with Crippen LogP contribution in [0, 0.1) is 11.3 Å². The second kappa shape index (κ2) is 8.17. The smallest absolute Gasteiger partial charge is 0.303 e. The Hall–Kier alpha value is -3.16. The van der Waals surface area contributed by atoms with Gasteiger partial charge in [0.1, 0.15) is 17.4 Å². The van der Waals surface area contributed by atoms with Crippen LogP contribution >= 0.6 is 0 Å². The van der Waals surface area contributed by atoms with Crippen molar-refractivity contribution in [2.75, 3.05) is 6.26 Å². The monoisotopic (exact) mass is 446 g/mol. The zero-order chi connectivity index (χ0) is 23.0. The van der Waals surface area contributed by atoms with Crippen LogP contribution in [0.2, 0.25) is 0 Å². The van der Waals surface area contributed by atoms with Crippen LogP contribution < -0.4 is 10.3 Å². The number of carbonyl (C=O) groups is 1. The summed E-state index contributed by atoms with van der Waals surface area (Å²) in [5.74, 6) is -0.113. The van der Waals surface area contributed by atoms with Crippen molar-refractivity contribution >= 4 is 16.1 Å². The fraction of sp³-hybridized carbons (Fsp3) is 0.381. The van der Waals surface area contributed by atoms with E-state index in [1.807, 2.05) is 0 Å². The molecule has 9 nitrogen and oxygen atoms in total. The minimum absolute atomic E-state index is 0.269. The summed E-state index contributed by atoms with van der Waals surface area (Å²) in [5.41, 5.74) is -0.146. The third-order valence-electron chi connectivity index (χ3n) is 4.83. The fourth-order valence-electron chi connectivity index (χ4n) is 3.54. The van der Waals surface area contributed by atoms with E-state index in [2.05, 4.69) is 6.07 Å². The van der Waals surface area contributed by atoms with Gasteiger partial charge in [-0.2, -0.15) is 13.7 Å². The average Bonchev–Trinajstić information content (AvgIpc) is 2.67. The first-order chi connectivity index (χ1) is 14.4.